The van der Waals surface area contributed by atoms with Gasteiger partial charge in [0.1, 0.15) is 5.75 Å². The molecule has 3 heteroatoms. The van der Waals surface area contributed by atoms with Crippen molar-refractivity contribution in [1.29, 1.82) is 0 Å². The molecule has 3 aromatic carbocycles. The van der Waals surface area contributed by atoms with Crippen LogP contribution in [0.15, 0.2) is 66.7 Å². The number of nitrogens with one attached hydrogen (secondary N) is 1. The summed E-state index contributed by atoms with van der Waals surface area (Å²) in [6.07, 6.45) is 1.10. The molecule has 0 saturated carbocycles. The summed E-state index contributed by atoms with van der Waals surface area (Å²) in [4.78, 5) is 12.2. The number of benzene rings is 3. The van der Waals surface area contributed by atoms with Crippen molar-refractivity contribution in [2.45, 2.75) is 26.2 Å². The molecule has 1 amide bonds. The van der Waals surface area contributed by atoms with Crippen LogP contribution in [0.5, 0.6) is 5.75 Å². The van der Waals surface area contributed by atoms with Crippen molar-refractivity contribution in [2.24, 2.45) is 0 Å². The van der Waals surface area contributed by atoms with E-state index in [0.29, 0.717) is 11.7 Å². The number of hydrogen-bond acceptors (Lipinski definition) is 2. The summed E-state index contributed by atoms with van der Waals surface area (Å²) in [5.41, 5.74) is 2.09. The molecule has 3 aromatic rings. The first kappa shape index (κ1) is 17.0. The predicted molar refractivity (Wildman–Crippen MR) is 103 cm³/mol. The standard InChI is InChI=1S/C22H23NO2/c1-3-16(2)17-11-13-19(14-12-17)25-15-22(24)23-21-10-6-8-18-7-4-5-9-20(18)21/h4-14,16H,3,15H2,1-2H3,(H,23,24)/t16-/m0/s1. The van der Waals surface area contributed by atoms with E-state index in [4.69, 9.17) is 4.74 Å². The molecule has 0 aromatic heterocycles. The molecule has 0 aliphatic heterocycles. The first-order chi connectivity index (χ1) is 12.2. The fourth-order valence-corrected chi connectivity index (χ4v) is 2.80. The Labute approximate surface area is 148 Å². The second-order valence-corrected chi connectivity index (χ2v) is 6.24. The maximum absolute atomic E-state index is 12.2. The fourth-order valence-electron chi connectivity index (χ4n) is 2.80. The number of rotatable bonds is 6. The van der Waals surface area contributed by atoms with Crippen LogP contribution in [-0.4, -0.2) is 12.5 Å². The van der Waals surface area contributed by atoms with Crippen molar-refractivity contribution in [3.63, 3.8) is 0 Å². The van der Waals surface area contributed by atoms with Gasteiger partial charge < -0.3 is 10.1 Å². The normalized spacial score (nSPS) is 11.9. The van der Waals surface area contributed by atoms with Crippen molar-refractivity contribution in [1.82, 2.24) is 0 Å². The molecular weight excluding hydrogens is 310 g/mol. The van der Waals surface area contributed by atoms with E-state index in [2.05, 4.69) is 31.3 Å². The van der Waals surface area contributed by atoms with Gasteiger partial charge in [-0.25, -0.2) is 0 Å². The molecule has 0 radical (unpaired) electrons. The molecule has 0 spiro atoms. The van der Waals surface area contributed by atoms with Gasteiger partial charge in [-0.2, -0.15) is 0 Å². The summed E-state index contributed by atoms with van der Waals surface area (Å²) in [5.74, 6) is 1.08. The van der Waals surface area contributed by atoms with Crippen LogP contribution in [0.3, 0.4) is 0 Å². The second-order valence-electron chi connectivity index (χ2n) is 6.24. The topological polar surface area (TPSA) is 38.3 Å². The summed E-state index contributed by atoms with van der Waals surface area (Å²) in [6.45, 7) is 4.37. The van der Waals surface area contributed by atoms with Gasteiger partial charge >= 0.3 is 0 Å². The molecule has 3 nitrogen and oxygen atoms in total. The number of fused-ring (bicyclic) bond motifs is 1. The molecule has 0 heterocycles. The number of ether oxygens (including phenoxy) is 1. The van der Waals surface area contributed by atoms with Gasteiger partial charge in [0.05, 0.1) is 0 Å². The Kier molecular flexibility index (Phi) is 5.34. The van der Waals surface area contributed by atoms with Crippen LogP contribution < -0.4 is 10.1 Å². The van der Waals surface area contributed by atoms with Gasteiger partial charge in [-0.1, -0.05) is 62.4 Å². The van der Waals surface area contributed by atoms with Gasteiger partial charge in [0.2, 0.25) is 0 Å². The van der Waals surface area contributed by atoms with Gasteiger partial charge in [-0.15, -0.1) is 0 Å². The molecule has 128 valence electrons. The molecule has 25 heavy (non-hydrogen) atoms. The third-order valence-electron chi connectivity index (χ3n) is 4.50. The minimum atomic E-state index is -0.164. The smallest absolute Gasteiger partial charge is 0.262 e. The lowest BCUT2D eigenvalue weighted by molar-refractivity contribution is -0.118. The highest BCUT2D eigenvalue weighted by atomic mass is 16.5. The van der Waals surface area contributed by atoms with Gasteiger partial charge in [0, 0.05) is 11.1 Å². The first-order valence-corrected chi connectivity index (χ1v) is 8.67. The highest BCUT2D eigenvalue weighted by Crippen LogP contribution is 2.23. The van der Waals surface area contributed by atoms with Crippen LogP contribution >= 0.6 is 0 Å². The number of anilines is 1. The van der Waals surface area contributed by atoms with E-state index < -0.39 is 0 Å². The SMILES string of the molecule is CC[C@H](C)c1ccc(OCC(=O)Nc2cccc3ccccc23)cc1. The molecule has 1 N–H and O–H groups in total. The summed E-state index contributed by atoms with van der Waals surface area (Å²) in [5, 5.41) is 5.05. The Hall–Kier alpha value is -2.81. The average molecular weight is 333 g/mol. The molecule has 0 aliphatic carbocycles. The summed E-state index contributed by atoms with van der Waals surface area (Å²) < 4.78 is 5.61. The Morgan fingerprint density at radius 2 is 1.72 bits per heavy atom. The number of amides is 1. The summed E-state index contributed by atoms with van der Waals surface area (Å²) >= 11 is 0. The lowest BCUT2D eigenvalue weighted by Gasteiger charge is -2.12. The third kappa shape index (κ3) is 4.18. The zero-order chi connectivity index (χ0) is 17.6. The number of carbonyl (C=O) groups is 1. The fraction of sp³-hybridized carbons (Fsp3) is 0.227. The van der Waals surface area contributed by atoms with Gasteiger partial charge in [-0.3, -0.25) is 4.79 Å². The minimum Gasteiger partial charge on any atom is -0.484 e. The van der Waals surface area contributed by atoms with Crippen molar-refractivity contribution >= 4 is 22.4 Å². The zero-order valence-electron chi connectivity index (χ0n) is 14.7. The summed E-state index contributed by atoms with van der Waals surface area (Å²) in [7, 11) is 0. The Balaban J connectivity index is 1.61. The molecular formula is C22H23NO2. The van der Waals surface area contributed by atoms with E-state index in [-0.39, 0.29) is 12.5 Å². The molecule has 3 rings (SSSR count). The first-order valence-electron chi connectivity index (χ1n) is 8.67. The molecule has 0 fully saturated rings. The van der Waals surface area contributed by atoms with E-state index in [1.54, 1.807) is 0 Å². The Morgan fingerprint density at radius 3 is 2.48 bits per heavy atom. The zero-order valence-corrected chi connectivity index (χ0v) is 14.7. The predicted octanol–water partition coefficient (Wildman–Crippen LogP) is 5.37. The van der Waals surface area contributed by atoms with Crippen molar-refractivity contribution in [3.05, 3.63) is 72.3 Å². The maximum Gasteiger partial charge on any atom is 0.262 e. The van der Waals surface area contributed by atoms with Crippen LogP contribution in [0, 0.1) is 0 Å². The van der Waals surface area contributed by atoms with Crippen LogP contribution in [0.1, 0.15) is 31.7 Å². The number of hydrogen-bond donors (Lipinski definition) is 1. The molecule has 0 bridgehead atoms. The van der Waals surface area contributed by atoms with Crippen LogP contribution in [0.4, 0.5) is 5.69 Å². The van der Waals surface area contributed by atoms with Crippen LogP contribution in [-0.2, 0) is 4.79 Å². The number of carbonyl (C=O) groups excluding carboxylic acids is 1. The van der Waals surface area contributed by atoms with E-state index in [1.807, 2.05) is 54.6 Å². The van der Waals surface area contributed by atoms with E-state index in [1.165, 1.54) is 5.56 Å². The monoisotopic (exact) mass is 333 g/mol. The molecule has 0 aliphatic rings. The van der Waals surface area contributed by atoms with Crippen molar-refractivity contribution in [2.75, 3.05) is 11.9 Å². The van der Waals surface area contributed by atoms with Crippen LogP contribution in [0.25, 0.3) is 10.8 Å². The Morgan fingerprint density at radius 1 is 1.00 bits per heavy atom. The van der Waals surface area contributed by atoms with Gasteiger partial charge in [0.15, 0.2) is 6.61 Å². The molecule has 0 saturated heterocycles. The second kappa shape index (κ2) is 7.84. The van der Waals surface area contributed by atoms with Gasteiger partial charge in [0.25, 0.3) is 5.91 Å². The van der Waals surface area contributed by atoms with Crippen LogP contribution in [0.2, 0.25) is 0 Å². The lowest BCUT2D eigenvalue weighted by Crippen LogP contribution is -2.20. The summed E-state index contributed by atoms with van der Waals surface area (Å²) in [6, 6.07) is 21.8. The van der Waals surface area contributed by atoms with E-state index in [9.17, 15) is 4.79 Å². The maximum atomic E-state index is 12.2. The van der Waals surface area contributed by atoms with Gasteiger partial charge in [-0.05, 0) is 41.5 Å². The Bertz CT molecular complexity index is 850. The highest BCUT2D eigenvalue weighted by Gasteiger charge is 2.07. The highest BCUT2D eigenvalue weighted by molar-refractivity contribution is 6.02. The molecule has 1 atom stereocenters. The van der Waals surface area contributed by atoms with E-state index >= 15 is 0 Å². The van der Waals surface area contributed by atoms with E-state index in [0.717, 1.165) is 22.9 Å². The quantitative estimate of drug-likeness (QED) is 0.658. The van der Waals surface area contributed by atoms with Crippen molar-refractivity contribution < 1.29 is 9.53 Å². The largest absolute Gasteiger partial charge is 0.484 e. The minimum absolute atomic E-state index is 0.00804. The van der Waals surface area contributed by atoms with Crippen molar-refractivity contribution in [3.8, 4) is 5.75 Å². The molecule has 0 unspecified atom stereocenters. The third-order valence-corrected chi connectivity index (χ3v) is 4.50. The average Bonchev–Trinajstić information content (AvgIpc) is 2.66. The lowest BCUT2D eigenvalue weighted by atomic mass is 9.99.